The van der Waals surface area contributed by atoms with Gasteiger partial charge in [-0.05, 0) is 0 Å². The van der Waals surface area contributed by atoms with Gasteiger partial charge in [0.25, 0.3) is 0 Å². The van der Waals surface area contributed by atoms with Crippen LogP contribution in [0.25, 0.3) is 0 Å². The highest BCUT2D eigenvalue weighted by atomic mass is 32.2. The van der Waals surface area contributed by atoms with E-state index >= 15 is 0 Å². The minimum absolute atomic E-state index is 0.257. The summed E-state index contributed by atoms with van der Waals surface area (Å²) in [5.41, 5.74) is 0. The van der Waals surface area contributed by atoms with Gasteiger partial charge in [0.05, 0.1) is 5.75 Å². The van der Waals surface area contributed by atoms with Crippen LogP contribution in [-0.2, 0) is 10.0 Å². The van der Waals surface area contributed by atoms with Crippen LogP contribution in [0.3, 0.4) is 0 Å². The van der Waals surface area contributed by atoms with E-state index < -0.39 is 10.0 Å². The fourth-order valence-corrected chi connectivity index (χ4v) is 0.465. The molecule has 0 heterocycles. The SMILES string of the molecule is C=C[14CH2]S([NH])(=O)=O. The normalized spacial score (nSPS) is 11.0. The maximum absolute atomic E-state index is 9.83. The average molecular weight is 122 g/mol. The lowest BCUT2D eigenvalue weighted by Gasteiger charge is -1.82. The summed E-state index contributed by atoms with van der Waals surface area (Å²) in [5, 5.41) is 6.23. The topological polar surface area (TPSA) is 57.9 Å². The van der Waals surface area contributed by atoms with Crippen LogP contribution < -0.4 is 5.14 Å². The molecule has 0 aromatic carbocycles. The van der Waals surface area contributed by atoms with Crippen molar-refractivity contribution in [3.05, 3.63) is 12.7 Å². The summed E-state index contributed by atoms with van der Waals surface area (Å²) in [4.78, 5) is 0. The van der Waals surface area contributed by atoms with Crippen molar-refractivity contribution in [2.45, 2.75) is 0 Å². The molecule has 0 spiro atoms. The monoisotopic (exact) mass is 122 g/mol. The molecular weight excluding hydrogens is 116 g/mol. The molecular formula is C3H6NO2S. The Bertz CT molecular complexity index is 146. The van der Waals surface area contributed by atoms with Crippen LogP contribution in [0.5, 0.6) is 0 Å². The van der Waals surface area contributed by atoms with E-state index in [1.165, 1.54) is 6.08 Å². The second-order valence-corrected chi connectivity index (χ2v) is 2.63. The van der Waals surface area contributed by atoms with Crippen LogP contribution in [0.4, 0.5) is 0 Å². The molecule has 0 saturated heterocycles. The zero-order chi connectivity index (χ0) is 5.91. The van der Waals surface area contributed by atoms with Crippen molar-refractivity contribution < 1.29 is 8.42 Å². The first-order chi connectivity index (χ1) is 3.06. The molecule has 1 radical (unpaired) electrons. The summed E-state index contributed by atoms with van der Waals surface area (Å²) in [5.74, 6) is -0.257. The zero-order valence-corrected chi connectivity index (χ0v) is 4.53. The molecule has 1 N–H and O–H groups in total. The third-order valence-corrected chi connectivity index (χ3v) is 1.01. The van der Waals surface area contributed by atoms with E-state index in [0.717, 1.165) is 0 Å². The molecule has 0 atom stereocenters. The van der Waals surface area contributed by atoms with Crippen LogP contribution in [0.15, 0.2) is 12.7 Å². The van der Waals surface area contributed by atoms with Crippen LogP contribution in [0.2, 0.25) is 0 Å². The first-order valence-electron chi connectivity index (χ1n) is 1.64. The van der Waals surface area contributed by atoms with Crippen molar-refractivity contribution >= 4 is 10.0 Å². The summed E-state index contributed by atoms with van der Waals surface area (Å²) in [6.07, 6.45) is 1.18. The minimum atomic E-state index is -3.54. The van der Waals surface area contributed by atoms with E-state index in [4.69, 9.17) is 5.14 Å². The molecule has 41 valence electrons. The number of hydrogen-bond donors (Lipinski definition) is 0. The van der Waals surface area contributed by atoms with Crippen molar-refractivity contribution in [3.63, 3.8) is 0 Å². The van der Waals surface area contributed by atoms with Gasteiger partial charge in [-0.2, -0.15) is 0 Å². The Morgan fingerprint density at radius 3 is 2.14 bits per heavy atom. The molecule has 0 aliphatic carbocycles. The summed E-state index contributed by atoms with van der Waals surface area (Å²) < 4.78 is 19.7. The zero-order valence-electron chi connectivity index (χ0n) is 3.72. The molecule has 0 unspecified atom stereocenters. The van der Waals surface area contributed by atoms with Gasteiger partial charge in [-0.3, -0.25) is 0 Å². The Morgan fingerprint density at radius 2 is 2.14 bits per heavy atom. The van der Waals surface area contributed by atoms with E-state index in [1.54, 1.807) is 0 Å². The molecule has 0 aromatic rings. The molecule has 0 saturated carbocycles. The molecule has 0 fully saturated rings. The second kappa shape index (κ2) is 2.09. The maximum Gasteiger partial charge on any atom is 0.228 e. The highest BCUT2D eigenvalue weighted by Crippen LogP contribution is 1.76. The lowest BCUT2D eigenvalue weighted by atomic mass is 11.1. The predicted octanol–water partition coefficient (Wildman–Crippen LogP) is -0.215. The number of nitrogens with one attached hydrogen (secondary N) is 1. The van der Waals surface area contributed by atoms with Crippen LogP contribution in [0, 0.1) is 0 Å². The lowest BCUT2D eigenvalue weighted by Crippen LogP contribution is -2.02. The van der Waals surface area contributed by atoms with E-state index in [9.17, 15) is 8.42 Å². The Kier molecular flexibility index (Phi) is 1.98. The quantitative estimate of drug-likeness (QED) is 0.475. The molecule has 0 aliphatic rings. The van der Waals surface area contributed by atoms with Gasteiger partial charge in [-0.15, -0.1) is 11.7 Å². The van der Waals surface area contributed by atoms with Crippen molar-refractivity contribution in [1.29, 1.82) is 0 Å². The van der Waals surface area contributed by atoms with Gasteiger partial charge in [0, 0.05) is 0 Å². The van der Waals surface area contributed by atoms with E-state index in [2.05, 4.69) is 6.58 Å². The molecule has 0 aromatic heterocycles. The van der Waals surface area contributed by atoms with Gasteiger partial charge in [-0.25, -0.2) is 8.42 Å². The van der Waals surface area contributed by atoms with Gasteiger partial charge in [0.1, 0.15) is 0 Å². The summed E-state index contributed by atoms with van der Waals surface area (Å²) in [6, 6.07) is 0. The summed E-state index contributed by atoms with van der Waals surface area (Å²) in [7, 11) is -3.54. The smallest absolute Gasteiger partial charge is 0.211 e. The van der Waals surface area contributed by atoms with Crippen molar-refractivity contribution in [2.24, 2.45) is 0 Å². The van der Waals surface area contributed by atoms with Gasteiger partial charge < -0.3 is 0 Å². The Balaban J connectivity index is 3.84. The van der Waals surface area contributed by atoms with Crippen molar-refractivity contribution in [3.8, 4) is 0 Å². The van der Waals surface area contributed by atoms with E-state index in [1.807, 2.05) is 0 Å². The lowest BCUT2D eigenvalue weighted by molar-refractivity contribution is 0.599. The highest BCUT2D eigenvalue weighted by molar-refractivity contribution is 7.88. The van der Waals surface area contributed by atoms with E-state index in [0.29, 0.717) is 0 Å². The Labute approximate surface area is 42.9 Å². The first-order valence-corrected chi connectivity index (χ1v) is 3.29. The molecule has 0 rings (SSSR count). The molecule has 7 heavy (non-hydrogen) atoms. The van der Waals surface area contributed by atoms with Crippen molar-refractivity contribution in [2.75, 3.05) is 5.75 Å². The number of hydrogen-bond acceptors (Lipinski definition) is 2. The van der Waals surface area contributed by atoms with Gasteiger partial charge in [0.15, 0.2) is 0 Å². The molecule has 0 aliphatic heterocycles. The van der Waals surface area contributed by atoms with Gasteiger partial charge in [0.2, 0.25) is 10.0 Å². The second-order valence-electron chi connectivity index (χ2n) is 1.07. The number of rotatable bonds is 2. The highest BCUT2D eigenvalue weighted by Gasteiger charge is 1.95. The fourth-order valence-electron chi connectivity index (χ4n) is 0.155. The standard InChI is InChI=1S/C3H6NO2S/c1-2-3-7(4,5)6/h2,4H,1,3H2/i3+2. The first kappa shape index (κ1) is 6.65. The Hall–Kier alpha value is -0.350. The summed E-state index contributed by atoms with van der Waals surface area (Å²) >= 11 is 0. The van der Waals surface area contributed by atoms with Crippen LogP contribution >= 0.6 is 0 Å². The molecule has 3 nitrogen and oxygen atoms in total. The summed E-state index contributed by atoms with van der Waals surface area (Å²) in [6.45, 7) is 3.15. The van der Waals surface area contributed by atoms with Gasteiger partial charge in [-0.1, -0.05) is 6.08 Å². The molecule has 4 heteroatoms. The third kappa shape index (κ3) is 5.65. The predicted molar refractivity (Wildman–Crippen MR) is 27.1 cm³/mol. The average Bonchev–Trinajstić information content (AvgIpc) is 1.30. The third-order valence-electron chi connectivity index (χ3n) is 0.337. The van der Waals surface area contributed by atoms with E-state index in [-0.39, 0.29) is 5.75 Å². The van der Waals surface area contributed by atoms with Crippen molar-refractivity contribution in [1.82, 2.24) is 5.14 Å². The minimum Gasteiger partial charge on any atom is -0.211 e. The molecule has 0 amide bonds. The van der Waals surface area contributed by atoms with Crippen LogP contribution in [0.1, 0.15) is 0 Å². The fraction of sp³-hybridized carbons (Fsp3) is 0.333. The maximum atomic E-state index is 9.83. The largest absolute Gasteiger partial charge is 0.228 e. The Morgan fingerprint density at radius 1 is 1.71 bits per heavy atom. The number of sulfonamides is 1. The van der Waals surface area contributed by atoms with Gasteiger partial charge >= 0.3 is 0 Å². The van der Waals surface area contributed by atoms with Crippen LogP contribution in [-0.4, -0.2) is 14.2 Å². The molecule has 0 bridgehead atoms.